The molecule has 14 heavy (non-hydrogen) atoms. The summed E-state index contributed by atoms with van der Waals surface area (Å²) in [5.41, 5.74) is -0.231. The third-order valence-corrected chi connectivity index (χ3v) is 1.99. The Hall–Kier alpha value is -1.52. The van der Waals surface area contributed by atoms with Crippen molar-refractivity contribution in [3.05, 3.63) is 27.0 Å². The number of hydrogen-bond acceptors (Lipinski definition) is 3. The van der Waals surface area contributed by atoms with Crippen molar-refractivity contribution in [2.75, 3.05) is 19.0 Å². The van der Waals surface area contributed by atoms with Crippen molar-refractivity contribution in [3.8, 4) is 0 Å². The van der Waals surface area contributed by atoms with Gasteiger partial charge < -0.3 is 4.90 Å². The summed E-state index contributed by atoms with van der Waals surface area (Å²) < 4.78 is 1.50. The van der Waals surface area contributed by atoms with Crippen LogP contribution >= 0.6 is 0 Å². The maximum atomic E-state index is 11.3. The zero-order valence-electron chi connectivity index (χ0n) is 8.87. The molecule has 0 aliphatic carbocycles. The minimum Gasteiger partial charge on any atom is -0.372 e. The molecule has 0 aliphatic rings. The summed E-state index contributed by atoms with van der Waals surface area (Å²) in [6, 6.07) is 0.0399. The second-order valence-corrected chi connectivity index (χ2v) is 3.67. The zero-order valence-corrected chi connectivity index (χ0v) is 8.87. The molecule has 1 aromatic rings. The molecule has 0 spiro atoms. The van der Waals surface area contributed by atoms with E-state index in [0.717, 1.165) is 0 Å². The number of hydrogen-bond donors (Lipinski definition) is 1. The van der Waals surface area contributed by atoms with Crippen LogP contribution in [-0.4, -0.2) is 23.6 Å². The van der Waals surface area contributed by atoms with Crippen LogP contribution in [0.4, 0.5) is 5.69 Å². The van der Waals surface area contributed by atoms with Crippen LogP contribution in [0.3, 0.4) is 0 Å². The molecule has 0 aliphatic heterocycles. The molecule has 0 saturated carbocycles. The lowest BCUT2D eigenvalue weighted by Gasteiger charge is -2.15. The fourth-order valence-corrected chi connectivity index (χ4v) is 1.18. The van der Waals surface area contributed by atoms with Gasteiger partial charge in [0, 0.05) is 26.3 Å². The summed E-state index contributed by atoms with van der Waals surface area (Å²) in [6.07, 6.45) is 1.58. The molecular weight excluding hydrogens is 182 g/mol. The Morgan fingerprint density at radius 3 is 2.36 bits per heavy atom. The van der Waals surface area contributed by atoms with Gasteiger partial charge in [-0.3, -0.25) is 14.3 Å². The van der Waals surface area contributed by atoms with Gasteiger partial charge in [0.15, 0.2) is 0 Å². The number of nitrogens with one attached hydrogen (secondary N) is 1. The second kappa shape index (κ2) is 3.69. The predicted octanol–water partition coefficient (Wildman–Crippen LogP) is 0.184. The van der Waals surface area contributed by atoms with E-state index in [2.05, 4.69) is 4.98 Å². The average molecular weight is 197 g/mol. The van der Waals surface area contributed by atoms with E-state index in [0.29, 0.717) is 5.69 Å². The van der Waals surface area contributed by atoms with Crippen LogP contribution in [0.25, 0.3) is 0 Å². The first-order valence-electron chi connectivity index (χ1n) is 4.46. The van der Waals surface area contributed by atoms with E-state index in [1.165, 1.54) is 4.57 Å². The van der Waals surface area contributed by atoms with E-state index in [4.69, 9.17) is 0 Å². The maximum absolute atomic E-state index is 11.3. The monoisotopic (exact) mass is 197 g/mol. The average Bonchev–Trinajstić information content (AvgIpc) is 2.02. The number of aromatic amines is 1. The molecule has 1 heterocycles. The Bertz CT molecular complexity index is 391. The first-order chi connectivity index (χ1) is 6.43. The van der Waals surface area contributed by atoms with Gasteiger partial charge in [0.1, 0.15) is 5.69 Å². The van der Waals surface area contributed by atoms with Crippen molar-refractivity contribution in [3.63, 3.8) is 0 Å². The van der Waals surface area contributed by atoms with Gasteiger partial charge in [0.25, 0.3) is 5.56 Å². The fourth-order valence-electron chi connectivity index (χ4n) is 1.18. The number of rotatable bonds is 2. The van der Waals surface area contributed by atoms with Gasteiger partial charge in [0.05, 0.1) is 0 Å². The summed E-state index contributed by atoms with van der Waals surface area (Å²) in [4.78, 5) is 26.6. The van der Waals surface area contributed by atoms with Crippen LogP contribution in [-0.2, 0) is 0 Å². The van der Waals surface area contributed by atoms with Gasteiger partial charge in [-0.25, -0.2) is 4.79 Å². The molecule has 0 amide bonds. The molecule has 78 valence electrons. The Morgan fingerprint density at radius 1 is 1.36 bits per heavy atom. The predicted molar refractivity (Wildman–Crippen MR) is 56.0 cm³/mol. The summed E-state index contributed by atoms with van der Waals surface area (Å²) in [7, 11) is 3.53. The van der Waals surface area contributed by atoms with E-state index in [1.54, 1.807) is 25.2 Å². The molecule has 0 bridgehead atoms. The Balaban J connectivity index is 3.43. The highest BCUT2D eigenvalue weighted by molar-refractivity contribution is 5.39. The minimum absolute atomic E-state index is 0.0399. The van der Waals surface area contributed by atoms with Crippen LogP contribution in [0.2, 0.25) is 0 Å². The first kappa shape index (κ1) is 10.6. The van der Waals surface area contributed by atoms with Gasteiger partial charge in [-0.15, -0.1) is 0 Å². The van der Waals surface area contributed by atoms with E-state index >= 15 is 0 Å². The number of H-pyrrole nitrogens is 1. The highest BCUT2D eigenvalue weighted by atomic mass is 16.2. The quantitative estimate of drug-likeness (QED) is 0.736. The standard InChI is InChI=1S/C9H15N3O2/c1-6(2)12-5-7(11(3)4)8(13)10-9(12)14/h5-6H,1-4H3,(H,10,13,14). The third-order valence-electron chi connectivity index (χ3n) is 1.99. The number of anilines is 1. The highest BCUT2D eigenvalue weighted by Crippen LogP contribution is 2.04. The molecule has 5 nitrogen and oxygen atoms in total. The van der Waals surface area contributed by atoms with Gasteiger partial charge in [-0.2, -0.15) is 0 Å². The topological polar surface area (TPSA) is 58.1 Å². The van der Waals surface area contributed by atoms with E-state index < -0.39 is 0 Å². The summed E-state index contributed by atoms with van der Waals surface area (Å²) in [6.45, 7) is 3.78. The van der Waals surface area contributed by atoms with Crippen molar-refractivity contribution in [2.45, 2.75) is 19.9 Å². The number of aromatic nitrogens is 2. The lowest BCUT2D eigenvalue weighted by Crippen LogP contribution is -2.34. The van der Waals surface area contributed by atoms with Gasteiger partial charge >= 0.3 is 5.69 Å². The summed E-state index contributed by atoms with van der Waals surface area (Å²) >= 11 is 0. The molecule has 1 aromatic heterocycles. The molecule has 1 rings (SSSR count). The molecule has 0 atom stereocenters. The van der Waals surface area contributed by atoms with Crippen LogP contribution in [0.1, 0.15) is 19.9 Å². The van der Waals surface area contributed by atoms with Crippen molar-refractivity contribution < 1.29 is 0 Å². The lowest BCUT2D eigenvalue weighted by atomic mass is 10.3. The van der Waals surface area contributed by atoms with Crippen molar-refractivity contribution in [2.24, 2.45) is 0 Å². The zero-order chi connectivity index (χ0) is 10.9. The van der Waals surface area contributed by atoms with Crippen molar-refractivity contribution in [1.29, 1.82) is 0 Å². The highest BCUT2D eigenvalue weighted by Gasteiger charge is 2.07. The number of nitrogens with zero attached hydrogens (tertiary/aromatic N) is 2. The van der Waals surface area contributed by atoms with E-state index in [9.17, 15) is 9.59 Å². The molecule has 5 heteroatoms. The van der Waals surface area contributed by atoms with Crippen LogP contribution < -0.4 is 16.1 Å². The molecule has 0 radical (unpaired) electrons. The fraction of sp³-hybridized carbons (Fsp3) is 0.556. The van der Waals surface area contributed by atoms with Crippen LogP contribution in [0, 0.1) is 0 Å². The smallest absolute Gasteiger partial charge is 0.328 e. The third kappa shape index (κ3) is 1.86. The molecule has 1 N–H and O–H groups in total. The normalized spacial score (nSPS) is 10.6. The van der Waals surface area contributed by atoms with Gasteiger partial charge in [-0.05, 0) is 13.8 Å². The van der Waals surface area contributed by atoms with Gasteiger partial charge in [-0.1, -0.05) is 0 Å². The van der Waals surface area contributed by atoms with Crippen molar-refractivity contribution >= 4 is 5.69 Å². The Morgan fingerprint density at radius 2 is 1.93 bits per heavy atom. The summed E-state index contributed by atoms with van der Waals surface area (Å²) in [5, 5.41) is 0. The van der Waals surface area contributed by atoms with E-state index in [1.807, 2.05) is 13.8 Å². The van der Waals surface area contributed by atoms with Crippen LogP contribution in [0.5, 0.6) is 0 Å². The lowest BCUT2D eigenvalue weighted by molar-refractivity contribution is 0.561. The molecule has 0 saturated heterocycles. The molecule has 0 aromatic carbocycles. The second-order valence-electron chi connectivity index (χ2n) is 3.67. The SMILES string of the molecule is CC(C)n1cc(N(C)C)c(=O)[nH]c1=O. The largest absolute Gasteiger partial charge is 0.372 e. The molecular formula is C9H15N3O2. The van der Waals surface area contributed by atoms with Gasteiger partial charge in [0.2, 0.25) is 0 Å². The maximum Gasteiger partial charge on any atom is 0.328 e. The summed E-state index contributed by atoms with van der Waals surface area (Å²) in [5.74, 6) is 0. The van der Waals surface area contributed by atoms with Crippen LogP contribution in [0.15, 0.2) is 15.8 Å². The Labute approximate surface area is 82.0 Å². The van der Waals surface area contributed by atoms with E-state index in [-0.39, 0.29) is 17.3 Å². The first-order valence-corrected chi connectivity index (χ1v) is 4.46. The molecule has 0 unspecified atom stereocenters. The minimum atomic E-state index is -0.365. The molecule has 0 fully saturated rings. The van der Waals surface area contributed by atoms with Crippen molar-refractivity contribution in [1.82, 2.24) is 9.55 Å². The Kier molecular flexibility index (Phi) is 2.78.